The van der Waals surface area contributed by atoms with Crippen LogP contribution in [0.5, 0.6) is 0 Å². The van der Waals surface area contributed by atoms with Gasteiger partial charge >= 0.3 is 0 Å². The van der Waals surface area contributed by atoms with Crippen LogP contribution in [0.25, 0.3) is 11.2 Å². The maximum Gasteiger partial charge on any atom is 0.166 e. The molecule has 29 heavy (non-hydrogen) atoms. The van der Waals surface area contributed by atoms with Crippen LogP contribution in [0.1, 0.15) is 36.4 Å². The SMILES string of the molecule is CN1CCN(c2ncnc3c2ncn3[C@H]2c3ccccc3CC[C@H]2O)CC12CC2. The molecule has 0 unspecified atom stereocenters. The first-order valence-electron chi connectivity index (χ1n) is 10.6. The summed E-state index contributed by atoms with van der Waals surface area (Å²) in [6.07, 6.45) is 7.21. The molecule has 7 nitrogen and oxygen atoms in total. The molecule has 2 aliphatic carbocycles. The van der Waals surface area contributed by atoms with Crippen molar-refractivity contribution in [3.05, 3.63) is 48.0 Å². The van der Waals surface area contributed by atoms with E-state index in [2.05, 4.69) is 45.0 Å². The third-order valence-corrected chi connectivity index (χ3v) is 7.21. The molecule has 0 amide bonds. The summed E-state index contributed by atoms with van der Waals surface area (Å²) in [6, 6.07) is 8.24. The van der Waals surface area contributed by atoms with E-state index in [1.807, 2.05) is 17.0 Å². The van der Waals surface area contributed by atoms with E-state index in [9.17, 15) is 5.11 Å². The minimum Gasteiger partial charge on any atom is -0.391 e. The quantitative estimate of drug-likeness (QED) is 0.722. The summed E-state index contributed by atoms with van der Waals surface area (Å²) in [7, 11) is 2.23. The first-order chi connectivity index (χ1) is 14.2. The monoisotopic (exact) mass is 390 g/mol. The maximum absolute atomic E-state index is 10.9. The molecule has 1 saturated carbocycles. The number of nitrogens with zero attached hydrogens (tertiary/aromatic N) is 6. The molecule has 3 aliphatic rings. The molecule has 2 atom stereocenters. The van der Waals surface area contributed by atoms with Crippen molar-refractivity contribution in [3.63, 3.8) is 0 Å². The second-order valence-corrected chi connectivity index (χ2v) is 8.84. The van der Waals surface area contributed by atoms with Gasteiger partial charge in [0.2, 0.25) is 0 Å². The van der Waals surface area contributed by atoms with E-state index in [0.29, 0.717) is 5.54 Å². The Bertz CT molecular complexity index is 1070. The van der Waals surface area contributed by atoms with Crippen LogP contribution < -0.4 is 4.90 Å². The minimum atomic E-state index is -0.445. The minimum absolute atomic E-state index is 0.157. The summed E-state index contributed by atoms with van der Waals surface area (Å²) in [5.74, 6) is 0.923. The Morgan fingerprint density at radius 2 is 1.97 bits per heavy atom. The molecule has 0 radical (unpaired) electrons. The van der Waals surface area contributed by atoms with Crippen LogP contribution in [-0.2, 0) is 6.42 Å². The normalized spacial score (nSPS) is 26.1. The Hall–Kier alpha value is -2.51. The lowest BCUT2D eigenvalue weighted by atomic mass is 9.85. The highest BCUT2D eigenvalue weighted by atomic mass is 16.3. The Balaban J connectivity index is 1.43. The smallest absolute Gasteiger partial charge is 0.166 e. The van der Waals surface area contributed by atoms with Crippen LogP contribution in [0.2, 0.25) is 0 Å². The van der Waals surface area contributed by atoms with Crippen LogP contribution in [0.15, 0.2) is 36.9 Å². The molecule has 3 aromatic rings. The number of hydrogen-bond acceptors (Lipinski definition) is 6. The fraction of sp³-hybridized carbons (Fsp3) is 0.500. The van der Waals surface area contributed by atoms with Crippen LogP contribution in [0.3, 0.4) is 0 Å². The number of benzene rings is 1. The van der Waals surface area contributed by atoms with Gasteiger partial charge in [0.25, 0.3) is 0 Å². The summed E-state index contributed by atoms with van der Waals surface area (Å²) in [4.78, 5) is 18.8. The molecule has 1 spiro atoms. The van der Waals surface area contributed by atoms with Crippen LogP contribution >= 0.6 is 0 Å². The zero-order chi connectivity index (χ0) is 19.6. The average molecular weight is 390 g/mol. The number of piperazine rings is 1. The summed E-state index contributed by atoms with van der Waals surface area (Å²) >= 11 is 0. The predicted molar refractivity (Wildman–Crippen MR) is 111 cm³/mol. The second kappa shape index (κ2) is 6.24. The van der Waals surface area contributed by atoms with E-state index >= 15 is 0 Å². The average Bonchev–Trinajstić information content (AvgIpc) is 3.39. The van der Waals surface area contributed by atoms with Gasteiger partial charge in [-0.3, -0.25) is 4.90 Å². The van der Waals surface area contributed by atoms with Crippen molar-refractivity contribution in [2.75, 3.05) is 31.6 Å². The fourth-order valence-electron chi connectivity index (χ4n) is 5.26. The second-order valence-electron chi connectivity index (χ2n) is 8.84. The number of anilines is 1. The summed E-state index contributed by atoms with van der Waals surface area (Å²) < 4.78 is 2.05. The number of fused-ring (bicyclic) bond motifs is 2. The zero-order valence-corrected chi connectivity index (χ0v) is 16.7. The van der Waals surface area contributed by atoms with Crippen molar-refractivity contribution in [3.8, 4) is 0 Å². The highest BCUT2D eigenvalue weighted by Crippen LogP contribution is 2.44. The highest BCUT2D eigenvalue weighted by molar-refractivity contribution is 5.83. The lowest BCUT2D eigenvalue weighted by Gasteiger charge is -2.40. The van der Waals surface area contributed by atoms with E-state index in [0.717, 1.165) is 49.5 Å². The molecule has 1 N–H and O–H groups in total. The number of hydrogen-bond donors (Lipinski definition) is 1. The molecule has 1 aromatic carbocycles. The van der Waals surface area contributed by atoms with Gasteiger partial charge in [-0.2, -0.15) is 0 Å². The van der Waals surface area contributed by atoms with Crippen LogP contribution in [-0.4, -0.2) is 67.9 Å². The molecular formula is C22H26N6O. The van der Waals surface area contributed by atoms with Crippen molar-refractivity contribution in [1.29, 1.82) is 0 Å². The van der Waals surface area contributed by atoms with Crippen LogP contribution in [0.4, 0.5) is 5.82 Å². The van der Waals surface area contributed by atoms with Gasteiger partial charge in [-0.25, -0.2) is 15.0 Å². The molecule has 0 bridgehead atoms. The number of aliphatic hydroxyl groups excluding tert-OH is 1. The molecule has 1 saturated heterocycles. The van der Waals surface area contributed by atoms with Gasteiger partial charge in [0, 0.05) is 25.2 Å². The third kappa shape index (κ3) is 2.60. The van der Waals surface area contributed by atoms with E-state index in [1.54, 1.807) is 6.33 Å². The van der Waals surface area contributed by atoms with Gasteiger partial charge in [-0.05, 0) is 43.9 Å². The van der Waals surface area contributed by atoms with Gasteiger partial charge in [-0.1, -0.05) is 24.3 Å². The first-order valence-corrected chi connectivity index (χ1v) is 10.6. The standard InChI is InChI=1S/C22H26N6O/c1-26-10-11-27(12-22(26)8-9-22)20-18-21(24-13-23-20)28(14-25-18)19-16-5-3-2-4-15(16)6-7-17(19)29/h2-5,13-14,17,19,29H,6-12H2,1H3/t17-,19+/m1/s1. The summed E-state index contributed by atoms with van der Waals surface area (Å²) in [6.45, 7) is 2.99. The third-order valence-electron chi connectivity index (χ3n) is 7.21. The van der Waals surface area contributed by atoms with E-state index < -0.39 is 6.10 Å². The molecule has 6 rings (SSSR count). The molecule has 2 aromatic heterocycles. The Morgan fingerprint density at radius 3 is 2.83 bits per heavy atom. The number of aromatic nitrogens is 4. The van der Waals surface area contributed by atoms with Crippen molar-refractivity contribution in [1.82, 2.24) is 24.4 Å². The predicted octanol–water partition coefficient (Wildman–Crippen LogP) is 2.01. The number of aryl methyl sites for hydroxylation is 1. The number of aliphatic hydroxyl groups is 1. The lowest BCUT2D eigenvalue weighted by Crippen LogP contribution is -2.53. The molecule has 2 fully saturated rings. The van der Waals surface area contributed by atoms with Gasteiger partial charge in [-0.15, -0.1) is 0 Å². The summed E-state index contributed by atoms with van der Waals surface area (Å²) in [5.41, 5.74) is 4.43. The van der Waals surface area contributed by atoms with E-state index in [4.69, 9.17) is 4.98 Å². The topological polar surface area (TPSA) is 70.3 Å². The van der Waals surface area contributed by atoms with Gasteiger partial charge < -0.3 is 14.6 Å². The lowest BCUT2D eigenvalue weighted by molar-refractivity contribution is 0.115. The number of likely N-dealkylation sites (N-methyl/N-ethyl adjacent to an activating group) is 1. The Labute approximate surface area is 170 Å². The largest absolute Gasteiger partial charge is 0.391 e. The van der Waals surface area contributed by atoms with Gasteiger partial charge in [0.15, 0.2) is 17.0 Å². The molecule has 7 heteroatoms. The number of imidazole rings is 1. The van der Waals surface area contributed by atoms with E-state index in [1.165, 1.54) is 24.0 Å². The maximum atomic E-state index is 10.9. The highest BCUT2D eigenvalue weighted by Gasteiger charge is 2.50. The zero-order valence-electron chi connectivity index (χ0n) is 16.7. The van der Waals surface area contributed by atoms with Crippen molar-refractivity contribution < 1.29 is 5.11 Å². The van der Waals surface area contributed by atoms with Crippen molar-refractivity contribution in [2.24, 2.45) is 0 Å². The van der Waals surface area contributed by atoms with Gasteiger partial charge in [0.05, 0.1) is 18.5 Å². The molecular weight excluding hydrogens is 364 g/mol. The fourth-order valence-corrected chi connectivity index (χ4v) is 5.26. The Morgan fingerprint density at radius 1 is 1.10 bits per heavy atom. The van der Waals surface area contributed by atoms with Gasteiger partial charge in [0.1, 0.15) is 6.33 Å². The van der Waals surface area contributed by atoms with Crippen LogP contribution in [0, 0.1) is 0 Å². The first kappa shape index (κ1) is 17.4. The van der Waals surface area contributed by atoms with Crippen molar-refractivity contribution in [2.45, 2.75) is 43.4 Å². The molecule has 3 heterocycles. The van der Waals surface area contributed by atoms with E-state index in [-0.39, 0.29) is 6.04 Å². The Kier molecular flexibility index (Phi) is 3.74. The number of rotatable bonds is 2. The molecule has 1 aliphatic heterocycles. The molecule has 150 valence electrons. The van der Waals surface area contributed by atoms with Crippen molar-refractivity contribution >= 4 is 17.0 Å². The summed E-state index contributed by atoms with van der Waals surface area (Å²) in [5, 5.41) is 10.9.